The first-order chi connectivity index (χ1) is 12.1. The molecule has 134 valence electrons. The third kappa shape index (κ3) is 3.79. The summed E-state index contributed by atoms with van der Waals surface area (Å²) >= 11 is 0. The van der Waals surface area contributed by atoms with Gasteiger partial charge in [-0.1, -0.05) is 43.4 Å². The fourth-order valence-electron chi connectivity index (χ4n) is 3.96. The van der Waals surface area contributed by atoms with Crippen LogP contribution in [0.5, 0.6) is 0 Å². The summed E-state index contributed by atoms with van der Waals surface area (Å²) in [5.41, 5.74) is 4.43. The van der Waals surface area contributed by atoms with E-state index >= 15 is 0 Å². The summed E-state index contributed by atoms with van der Waals surface area (Å²) in [5, 5.41) is 3.48. The molecule has 0 aromatic heterocycles. The van der Waals surface area contributed by atoms with E-state index in [0.29, 0.717) is 5.57 Å². The minimum absolute atomic E-state index is 0.0872. The van der Waals surface area contributed by atoms with Crippen LogP contribution in [0.3, 0.4) is 0 Å². The summed E-state index contributed by atoms with van der Waals surface area (Å²) in [7, 11) is 1.41. The van der Waals surface area contributed by atoms with Crippen LogP contribution in [-0.4, -0.2) is 43.7 Å². The second-order valence-corrected chi connectivity index (χ2v) is 6.90. The molecule has 25 heavy (non-hydrogen) atoms. The van der Waals surface area contributed by atoms with Gasteiger partial charge in [0, 0.05) is 24.7 Å². The molecule has 0 amide bonds. The average molecular weight is 340 g/mol. The van der Waals surface area contributed by atoms with E-state index in [4.69, 9.17) is 4.74 Å². The Kier molecular flexibility index (Phi) is 5.59. The molecule has 3 rings (SSSR count). The zero-order valence-corrected chi connectivity index (χ0v) is 15.3. The topological polar surface area (TPSA) is 41.6 Å². The second-order valence-electron chi connectivity index (χ2n) is 6.90. The predicted molar refractivity (Wildman–Crippen MR) is 102 cm³/mol. The zero-order valence-electron chi connectivity index (χ0n) is 15.3. The van der Waals surface area contributed by atoms with Gasteiger partial charge in [-0.25, -0.2) is 4.79 Å². The van der Waals surface area contributed by atoms with Crippen molar-refractivity contribution in [3.63, 3.8) is 0 Å². The molecule has 4 heteroatoms. The van der Waals surface area contributed by atoms with Gasteiger partial charge in [0.15, 0.2) is 0 Å². The van der Waals surface area contributed by atoms with Crippen LogP contribution in [0, 0.1) is 0 Å². The minimum atomic E-state index is -0.329. The third-order valence-electron chi connectivity index (χ3n) is 5.41. The van der Waals surface area contributed by atoms with Crippen molar-refractivity contribution in [3.8, 4) is 0 Å². The van der Waals surface area contributed by atoms with E-state index in [-0.39, 0.29) is 17.9 Å². The molecule has 0 saturated carbocycles. The maximum absolute atomic E-state index is 12.0. The summed E-state index contributed by atoms with van der Waals surface area (Å²) in [6, 6.07) is 8.23. The number of carbonyl (C=O) groups excluding carboxylic acids is 1. The molecule has 1 aromatic rings. The van der Waals surface area contributed by atoms with Gasteiger partial charge in [0.25, 0.3) is 0 Å². The van der Waals surface area contributed by atoms with Crippen LogP contribution in [0.15, 0.2) is 48.1 Å². The van der Waals surface area contributed by atoms with Crippen molar-refractivity contribution in [1.82, 2.24) is 4.90 Å². The van der Waals surface area contributed by atoms with Crippen LogP contribution in [0.1, 0.15) is 37.7 Å². The van der Waals surface area contributed by atoms with Crippen molar-refractivity contribution >= 4 is 11.7 Å². The number of carbonyl (C=O) groups is 1. The molecule has 4 nitrogen and oxygen atoms in total. The molecule has 0 fully saturated rings. The van der Waals surface area contributed by atoms with E-state index in [1.54, 1.807) is 0 Å². The lowest BCUT2D eigenvalue weighted by Gasteiger charge is -2.29. The van der Waals surface area contributed by atoms with Crippen molar-refractivity contribution in [2.75, 3.05) is 32.1 Å². The van der Waals surface area contributed by atoms with Crippen molar-refractivity contribution in [2.24, 2.45) is 0 Å². The predicted octanol–water partition coefficient (Wildman–Crippen LogP) is 3.73. The second kappa shape index (κ2) is 7.87. The summed E-state index contributed by atoms with van der Waals surface area (Å²) < 4.78 is 4.90. The molecule has 0 spiro atoms. The van der Waals surface area contributed by atoms with Crippen molar-refractivity contribution < 1.29 is 9.53 Å². The van der Waals surface area contributed by atoms with Gasteiger partial charge in [0.2, 0.25) is 0 Å². The summed E-state index contributed by atoms with van der Waals surface area (Å²) in [5.74, 6) is -0.0803. The van der Waals surface area contributed by atoms with Crippen molar-refractivity contribution in [3.05, 3.63) is 53.6 Å². The molecule has 2 unspecified atom stereocenters. The first-order valence-corrected chi connectivity index (χ1v) is 9.16. The van der Waals surface area contributed by atoms with Gasteiger partial charge in [-0.15, -0.1) is 0 Å². The highest BCUT2D eigenvalue weighted by Gasteiger charge is 2.36. The quantitative estimate of drug-likeness (QED) is 0.487. The number of hydrogen-bond donors (Lipinski definition) is 1. The Labute approximate surface area is 150 Å². The maximum atomic E-state index is 12.0. The molecular weight excluding hydrogens is 312 g/mol. The molecule has 0 radical (unpaired) electrons. The number of nitrogens with one attached hydrogen (secondary N) is 1. The summed E-state index contributed by atoms with van der Waals surface area (Å²) in [6.07, 6.45) is 5.65. The fraction of sp³-hybridized carbons (Fsp3) is 0.476. The van der Waals surface area contributed by atoms with Gasteiger partial charge in [-0.3, -0.25) is 4.90 Å². The monoisotopic (exact) mass is 340 g/mol. The number of hydrogen-bond acceptors (Lipinski definition) is 4. The molecule has 1 aromatic carbocycles. The Bertz CT molecular complexity index is 680. The number of fused-ring (bicyclic) bond motifs is 1. The van der Waals surface area contributed by atoms with Gasteiger partial charge in [0.1, 0.15) is 0 Å². The number of methoxy groups -OCH3 is 1. The highest BCUT2D eigenvalue weighted by atomic mass is 16.5. The summed E-state index contributed by atoms with van der Waals surface area (Å²) in [6.45, 7) is 9.45. The minimum Gasteiger partial charge on any atom is -0.466 e. The van der Waals surface area contributed by atoms with E-state index in [1.807, 2.05) is 6.07 Å². The Hall–Kier alpha value is -2.07. The van der Waals surface area contributed by atoms with E-state index in [1.165, 1.54) is 18.2 Å². The zero-order chi connectivity index (χ0) is 17.8. The van der Waals surface area contributed by atoms with E-state index in [2.05, 4.69) is 48.0 Å². The summed E-state index contributed by atoms with van der Waals surface area (Å²) in [4.78, 5) is 14.5. The Morgan fingerprint density at radius 3 is 2.96 bits per heavy atom. The first kappa shape index (κ1) is 17.7. The number of nitrogens with zero attached hydrogens (tertiary/aromatic N) is 1. The lowest BCUT2D eigenvalue weighted by atomic mass is 9.88. The molecule has 1 N–H and O–H groups in total. The number of rotatable bonds is 6. The van der Waals surface area contributed by atoms with E-state index < -0.39 is 0 Å². The van der Waals surface area contributed by atoms with Crippen LogP contribution in [0.2, 0.25) is 0 Å². The number of para-hydroxylation sites is 1. The SMILES string of the molecule is C=C(C(=O)OC)C1Nc2ccccc2C1CCN1CCC=C(CC)C1. The normalized spacial score (nSPS) is 22.7. The molecule has 0 aliphatic carbocycles. The van der Waals surface area contributed by atoms with Gasteiger partial charge < -0.3 is 10.1 Å². The van der Waals surface area contributed by atoms with Crippen LogP contribution in [0.4, 0.5) is 5.69 Å². The van der Waals surface area contributed by atoms with Crippen molar-refractivity contribution in [2.45, 2.75) is 38.1 Å². The number of benzene rings is 1. The fourth-order valence-corrected chi connectivity index (χ4v) is 3.96. The maximum Gasteiger partial charge on any atom is 0.335 e. The lowest BCUT2D eigenvalue weighted by molar-refractivity contribution is -0.136. The van der Waals surface area contributed by atoms with Gasteiger partial charge >= 0.3 is 5.97 Å². The Morgan fingerprint density at radius 1 is 1.40 bits per heavy atom. The van der Waals surface area contributed by atoms with Gasteiger partial charge in [-0.2, -0.15) is 0 Å². The molecule has 2 heterocycles. The van der Waals surface area contributed by atoms with Gasteiger partial charge in [-0.05, 0) is 37.4 Å². The highest BCUT2D eigenvalue weighted by Crippen LogP contribution is 2.40. The molecule has 0 saturated heterocycles. The first-order valence-electron chi connectivity index (χ1n) is 9.16. The average Bonchev–Trinajstić information content (AvgIpc) is 3.03. The Balaban J connectivity index is 1.72. The lowest BCUT2D eigenvalue weighted by Crippen LogP contribution is -2.34. The molecule has 2 aliphatic rings. The molecule has 0 bridgehead atoms. The van der Waals surface area contributed by atoms with Crippen LogP contribution in [-0.2, 0) is 9.53 Å². The van der Waals surface area contributed by atoms with Crippen LogP contribution < -0.4 is 5.32 Å². The smallest absolute Gasteiger partial charge is 0.335 e. The highest BCUT2D eigenvalue weighted by molar-refractivity contribution is 5.90. The van der Waals surface area contributed by atoms with E-state index in [0.717, 1.165) is 44.6 Å². The van der Waals surface area contributed by atoms with Crippen molar-refractivity contribution in [1.29, 1.82) is 0 Å². The number of anilines is 1. The number of esters is 1. The van der Waals surface area contributed by atoms with E-state index in [9.17, 15) is 4.79 Å². The Morgan fingerprint density at radius 2 is 2.20 bits per heavy atom. The standard InChI is InChI=1S/C21H28N2O2/c1-4-16-8-7-12-23(14-16)13-11-18-17-9-5-6-10-19(17)22-20(18)15(2)21(24)25-3/h5-6,8-10,18,20,22H,2,4,7,11-14H2,1,3H3. The largest absolute Gasteiger partial charge is 0.466 e. The van der Waals surface area contributed by atoms with Crippen LogP contribution >= 0.6 is 0 Å². The van der Waals surface area contributed by atoms with Gasteiger partial charge in [0.05, 0.1) is 18.7 Å². The third-order valence-corrected chi connectivity index (χ3v) is 5.41. The molecular formula is C21H28N2O2. The molecule has 2 aliphatic heterocycles. The molecule has 2 atom stereocenters. The van der Waals surface area contributed by atoms with Crippen LogP contribution in [0.25, 0.3) is 0 Å². The number of ether oxygens (including phenoxy) is 1.